The zero-order valence-electron chi connectivity index (χ0n) is 13.1. The maximum atomic E-state index is 12.3. The third-order valence-electron chi connectivity index (χ3n) is 4.03. The summed E-state index contributed by atoms with van der Waals surface area (Å²) in [7, 11) is 0. The lowest BCUT2D eigenvalue weighted by Crippen LogP contribution is -2.40. The average Bonchev–Trinajstić information content (AvgIpc) is 3.10. The number of rotatable bonds is 4. The summed E-state index contributed by atoms with van der Waals surface area (Å²) in [5.41, 5.74) is 0.793. The number of aromatic nitrogens is 2. The quantitative estimate of drug-likeness (QED) is 0.869. The van der Waals surface area contributed by atoms with Gasteiger partial charge >= 0.3 is 6.01 Å². The van der Waals surface area contributed by atoms with Gasteiger partial charge in [-0.15, -0.1) is 5.10 Å². The first-order valence-electron chi connectivity index (χ1n) is 7.78. The van der Waals surface area contributed by atoms with Crippen molar-refractivity contribution in [2.24, 2.45) is 5.92 Å². The van der Waals surface area contributed by atoms with Crippen LogP contribution in [0.25, 0.3) is 11.5 Å². The number of anilines is 1. The first-order valence-corrected chi connectivity index (χ1v) is 7.78. The second kappa shape index (κ2) is 7.08. The lowest BCUT2D eigenvalue weighted by molar-refractivity contribution is -0.130. The van der Waals surface area contributed by atoms with Crippen LogP contribution in [-0.4, -0.2) is 40.0 Å². The summed E-state index contributed by atoms with van der Waals surface area (Å²) in [5.74, 6) is -0.0783. The zero-order chi connectivity index (χ0) is 16.9. The molecule has 1 fully saturated rings. The topological polar surface area (TPSA) is 88.3 Å². The van der Waals surface area contributed by atoms with Gasteiger partial charge in [-0.3, -0.25) is 14.9 Å². The Hall–Kier alpha value is -2.96. The van der Waals surface area contributed by atoms with Crippen molar-refractivity contribution in [2.45, 2.75) is 12.8 Å². The van der Waals surface area contributed by atoms with E-state index in [0.717, 1.165) is 5.56 Å². The molecule has 7 heteroatoms. The minimum atomic E-state index is -0.175. The van der Waals surface area contributed by atoms with Crippen molar-refractivity contribution in [1.29, 1.82) is 0 Å². The Bertz CT molecular complexity index is 733. The molecular weight excluding hydrogens is 308 g/mol. The van der Waals surface area contributed by atoms with E-state index in [2.05, 4.69) is 22.1 Å². The van der Waals surface area contributed by atoms with Crippen LogP contribution in [0.3, 0.4) is 0 Å². The van der Waals surface area contributed by atoms with Gasteiger partial charge in [-0.05, 0) is 31.1 Å². The number of carbonyl (C=O) groups excluding carboxylic acids is 2. The average molecular weight is 326 g/mol. The minimum Gasteiger partial charge on any atom is -0.403 e. The Morgan fingerprint density at radius 1 is 1.21 bits per heavy atom. The number of nitrogens with one attached hydrogen (secondary N) is 1. The lowest BCUT2D eigenvalue weighted by atomic mass is 9.96. The Kier molecular flexibility index (Phi) is 4.69. The van der Waals surface area contributed by atoms with Gasteiger partial charge in [-0.2, -0.15) is 0 Å². The van der Waals surface area contributed by atoms with Crippen molar-refractivity contribution >= 4 is 17.8 Å². The Balaban J connectivity index is 1.57. The van der Waals surface area contributed by atoms with Gasteiger partial charge in [0.1, 0.15) is 0 Å². The van der Waals surface area contributed by atoms with Gasteiger partial charge in [0, 0.05) is 24.6 Å². The van der Waals surface area contributed by atoms with Crippen molar-refractivity contribution in [3.8, 4) is 11.5 Å². The van der Waals surface area contributed by atoms with Crippen molar-refractivity contribution < 1.29 is 14.0 Å². The maximum absolute atomic E-state index is 12.3. The van der Waals surface area contributed by atoms with Crippen molar-refractivity contribution in [3.05, 3.63) is 43.0 Å². The molecule has 0 bridgehead atoms. The van der Waals surface area contributed by atoms with Crippen molar-refractivity contribution in [2.75, 3.05) is 18.4 Å². The van der Waals surface area contributed by atoms with E-state index in [4.69, 9.17) is 4.42 Å². The molecule has 1 aromatic heterocycles. The van der Waals surface area contributed by atoms with E-state index in [1.54, 1.807) is 4.90 Å². The van der Waals surface area contributed by atoms with E-state index in [1.807, 2.05) is 30.3 Å². The van der Waals surface area contributed by atoms with Crippen LogP contribution < -0.4 is 5.32 Å². The second-order valence-corrected chi connectivity index (χ2v) is 5.57. The highest BCUT2D eigenvalue weighted by atomic mass is 16.4. The molecule has 2 amide bonds. The second-order valence-electron chi connectivity index (χ2n) is 5.57. The van der Waals surface area contributed by atoms with Crippen molar-refractivity contribution in [1.82, 2.24) is 15.1 Å². The number of benzene rings is 1. The molecule has 1 aliphatic rings. The molecule has 0 atom stereocenters. The maximum Gasteiger partial charge on any atom is 0.322 e. The van der Waals surface area contributed by atoms with Crippen LogP contribution in [-0.2, 0) is 9.59 Å². The number of nitrogens with zero attached hydrogens (tertiary/aromatic N) is 3. The fourth-order valence-electron chi connectivity index (χ4n) is 2.67. The van der Waals surface area contributed by atoms with Gasteiger partial charge in [-0.1, -0.05) is 29.9 Å². The summed E-state index contributed by atoms with van der Waals surface area (Å²) in [6.45, 7) is 4.56. The monoisotopic (exact) mass is 326 g/mol. The van der Waals surface area contributed by atoms with E-state index in [1.165, 1.54) is 6.08 Å². The first kappa shape index (κ1) is 15.9. The molecule has 2 heterocycles. The molecule has 24 heavy (non-hydrogen) atoms. The predicted octanol–water partition coefficient (Wildman–Crippen LogP) is 2.10. The fraction of sp³-hybridized carbons (Fsp3) is 0.294. The summed E-state index contributed by atoms with van der Waals surface area (Å²) in [6.07, 6.45) is 2.50. The molecule has 0 saturated carbocycles. The predicted molar refractivity (Wildman–Crippen MR) is 87.9 cm³/mol. The molecular formula is C17H18N4O3. The van der Waals surface area contributed by atoms with Crippen molar-refractivity contribution in [3.63, 3.8) is 0 Å². The van der Waals surface area contributed by atoms with Gasteiger partial charge in [0.25, 0.3) is 0 Å². The van der Waals surface area contributed by atoms with Crippen LogP contribution in [0.1, 0.15) is 12.8 Å². The number of amides is 2. The van der Waals surface area contributed by atoms with Crippen LogP contribution in [0.15, 0.2) is 47.4 Å². The highest BCUT2D eigenvalue weighted by Crippen LogP contribution is 2.22. The molecule has 1 N–H and O–H groups in total. The standard InChI is InChI=1S/C17H18N4O3/c1-2-14(22)21-10-8-12(9-11-21)15(23)18-17-20-19-16(24-17)13-6-4-3-5-7-13/h2-7,12H,1,8-11H2,(H,18,20,23). The van der Waals surface area contributed by atoms with E-state index in [0.29, 0.717) is 31.8 Å². The number of hydrogen-bond donors (Lipinski definition) is 1. The van der Waals surface area contributed by atoms with E-state index in [9.17, 15) is 9.59 Å². The van der Waals surface area contributed by atoms with Crippen LogP contribution in [0.5, 0.6) is 0 Å². The molecule has 0 radical (unpaired) electrons. The van der Waals surface area contributed by atoms with Crippen LogP contribution in [0, 0.1) is 5.92 Å². The number of likely N-dealkylation sites (tertiary alicyclic amines) is 1. The fourth-order valence-corrected chi connectivity index (χ4v) is 2.67. The Labute approximate surface area is 139 Å². The largest absolute Gasteiger partial charge is 0.403 e. The smallest absolute Gasteiger partial charge is 0.322 e. The Morgan fingerprint density at radius 3 is 2.58 bits per heavy atom. The van der Waals surface area contributed by atoms with Gasteiger partial charge < -0.3 is 9.32 Å². The first-order chi connectivity index (χ1) is 11.7. The molecule has 1 aromatic carbocycles. The summed E-state index contributed by atoms with van der Waals surface area (Å²) in [5, 5.41) is 10.5. The lowest BCUT2D eigenvalue weighted by Gasteiger charge is -2.30. The molecule has 0 spiro atoms. The molecule has 1 saturated heterocycles. The third kappa shape index (κ3) is 3.51. The molecule has 2 aromatic rings. The van der Waals surface area contributed by atoms with Gasteiger partial charge in [-0.25, -0.2) is 0 Å². The highest BCUT2D eigenvalue weighted by molar-refractivity contribution is 5.91. The summed E-state index contributed by atoms with van der Waals surface area (Å²) >= 11 is 0. The molecule has 3 rings (SSSR count). The van der Waals surface area contributed by atoms with Crippen LogP contribution in [0.2, 0.25) is 0 Å². The molecule has 1 aliphatic heterocycles. The van der Waals surface area contributed by atoms with Gasteiger partial charge in [0.15, 0.2) is 0 Å². The van der Waals surface area contributed by atoms with Gasteiger partial charge in [0.2, 0.25) is 17.7 Å². The third-order valence-corrected chi connectivity index (χ3v) is 4.03. The number of piperidine rings is 1. The van der Waals surface area contributed by atoms with Crippen LogP contribution in [0.4, 0.5) is 6.01 Å². The summed E-state index contributed by atoms with van der Waals surface area (Å²) in [6, 6.07) is 9.43. The molecule has 7 nitrogen and oxygen atoms in total. The van der Waals surface area contributed by atoms with Crippen LogP contribution >= 0.6 is 0 Å². The molecule has 0 aliphatic carbocycles. The van der Waals surface area contributed by atoms with E-state index < -0.39 is 0 Å². The SMILES string of the molecule is C=CC(=O)N1CCC(C(=O)Nc2nnc(-c3ccccc3)o2)CC1. The number of carbonyl (C=O) groups is 2. The molecule has 124 valence electrons. The molecule has 0 unspecified atom stereocenters. The zero-order valence-corrected chi connectivity index (χ0v) is 13.1. The highest BCUT2D eigenvalue weighted by Gasteiger charge is 2.27. The summed E-state index contributed by atoms with van der Waals surface area (Å²) in [4.78, 5) is 25.5. The normalized spacial score (nSPS) is 15.1. The Morgan fingerprint density at radius 2 is 1.92 bits per heavy atom. The van der Waals surface area contributed by atoms with Gasteiger partial charge in [0.05, 0.1) is 0 Å². The summed E-state index contributed by atoms with van der Waals surface area (Å²) < 4.78 is 5.48. The minimum absolute atomic E-state index is 0.0865. The number of hydrogen-bond acceptors (Lipinski definition) is 5. The van der Waals surface area contributed by atoms with E-state index >= 15 is 0 Å². The van der Waals surface area contributed by atoms with E-state index in [-0.39, 0.29) is 23.7 Å².